The number of carbonyl (C=O) groups excluding carboxylic acids is 3. The highest BCUT2D eigenvalue weighted by atomic mass is 32.1. The smallest absolute Gasteiger partial charge is 0.262 e. The van der Waals surface area contributed by atoms with Gasteiger partial charge in [0.1, 0.15) is 6.04 Å². The minimum Gasteiger partial charge on any atom is -0.300 e. The fraction of sp³-hybridized carbons (Fsp3) is 0.217. The molecular formula is C23H23N3O3S. The second kappa shape index (κ2) is 9.00. The zero-order valence-electron chi connectivity index (χ0n) is 17.3. The molecule has 1 atom stereocenters. The van der Waals surface area contributed by atoms with Crippen molar-refractivity contribution in [2.45, 2.75) is 33.7 Å². The largest absolute Gasteiger partial charge is 0.300 e. The van der Waals surface area contributed by atoms with Crippen LogP contribution in [0.25, 0.3) is 11.3 Å². The summed E-state index contributed by atoms with van der Waals surface area (Å²) in [7, 11) is 0. The molecule has 3 aromatic rings. The molecule has 1 N–H and O–H groups in total. The molecule has 0 aliphatic carbocycles. The van der Waals surface area contributed by atoms with Crippen molar-refractivity contribution in [3.63, 3.8) is 0 Å². The number of nitrogens with zero attached hydrogens (tertiary/aromatic N) is 2. The van der Waals surface area contributed by atoms with E-state index >= 15 is 0 Å². The van der Waals surface area contributed by atoms with E-state index in [9.17, 15) is 14.4 Å². The Kier molecular flexibility index (Phi) is 6.42. The lowest BCUT2D eigenvalue weighted by Crippen LogP contribution is -2.45. The lowest BCUT2D eigenvalue weighted by Gasteiger charge is -2.21. The molecule has 2 heterocycles. The number of anilines is 1. The van der Waals surface area contributed by atoms with E-state index in [2.05, 4.69) is 10.3 Å². The Hall–Kier alpha value is -3.32. The zero-order valence-corrected chi connectivity index (χ0v) is 18.1. The highest BCUT2D eigenvalue weighted by molar-refractivity contribution is 7.14. The zero-order chi connectivity index (χ0) is 21.8. The number of benzene rings is 2. The number of nitrogens with one attached hydrogen (secondary N) is 1. The van der Waals surface area contributed by atoms with Crippen LogP contribution in [0.1, 0.15) is 47.1 Å². The molecule has 1 aliphatic rings. The van der Waals surface area contributed by atoms with Gasteiger partial charge >= 0.3 is 0 Å². The van der Waals surface area contributed by atoms with E-state index < -0.39 is 23.8 Å². The third-order valence-corrected chi connectivity index (χ3v) is 5.43. The predicted octanol–water partition coefficient (Wildman–Crippen LogP) is 4.77. The van der Waals surface area contributed by atoms with E-state index in [1.54, 1.807) is 24.3 Å². The normalized spacial score (nSPS) is 13.4. The second-order valence-electron chi connectivity index (χ2n) is 6.60. The van der Waals surface area contributed by atoms with Crippen LogP contribution in [-0.4, -0.2) is 33.6 Å². The molecule has 0 bridgehead atoms. The molecule has 30 heavy (non-hydrogen) atoms. The SMILES string of the molecule is CC.Cc1ccc(-c2csc(NC(=O)C(C)N3C(=O)c4ccccc4C3=O)n2)cc1. The Bertz CT molecular complexity index is 1050. The van der Waals surface area contributed by atoms with Crippen molar-refractivity contribution >= 4 is 34.2 Å². The third-order valence-electron chi connectivity index (χ3n) is 4.67. The van der Waals surface area contributed by atoms with Crippen LogP contribution in [0.2, 0.25) is 0 Å². The van der Waals surface area contributed by atoms with Gasteiger partial charge in [-0.15, -0.1) is 11.3 Å². The van der Waals surface area contributed by atoms with Gasteiger partial charge in [0.2, 0.25) is 5.91 Å². The van der Waals surface area contributed by atoms with Crippen molar-refractivity contribution in [1.82, 2.24) is 9.88 Å². The summed E-state index contributed by atoms with van der Waals surface area (Å²) in [4.78, 5) is 43.1. The number of imide groups is 1. The summed E-state index contributed by atoms with van der Waals surface area (Å²) in [5.41, 5.74) is 3.51. The van der Waals surface area contributed by atoms with Crippen molar-refractivity contribution in [2.24, 2.45) is 0 Å². The van der Waals surface area contributed by atoms with Crippen molar-refractivity contribution < 1.29 is 14.4 Å². The molecule has 7 heteroatoms. The summed E-state index contributed by atoms with van der Waals surface area (Å²) in [5.74, 6) is -1.37. The summed E-state index contributed by atoms with van der Waals surface area (Å²) in [5, 5.41) is 4.98. The minimum absolute atomic E-state index is 0.322. The van der Waals surface area contributed by atoms with Crippen LogP contribution in [0.4, 0.5) is 5.13 Å². The molecule has 0 spiro atoms. The molecule has 6 nitrogen and oxygen atoms in total. The Balaban J connectivity index is 0.00000124. The van der Waals surface area contributed by atoms with Crippen LogP contribution >= 0.6 is 11.3 Å². The van der Waals surface area contributed by atoms with E-state index in [0.29, 0.717) is 16.3 Å². The summed E-state index contributed by atoms with van der Waals surface area (Å²) in [6.45, 7) is 7.54. The van der Waals surface area contributed by atoms with E-state index in [-0.39, 0.29) is 0 Å². The molecule has 0 radical (unpaired) electrons. The monoisotopic (exact) mass is 421 g/mol. The molecule has 0 saturated carbocycles. The first-order chi connectivity index (χ1) is 14.5. The number of thiazole rings is 1. The maximum Gasteiger partial charge on any atom is 0.262 e. The van der Waals surface area contributed by atoms with Gasteiger partial charge in [-0.05, 0) is 26.0 Å². The van der Waals surface area contributed by atoms with Gasteiger partial charge in [0.25, 0.3) is 11.8 Å². The van der Waals surface area contributed by atoms with Gasteiger partial charge in [-0.2, -0.15) is 0 Å². The molecule has 4 rings (SSSR count). The Morgan fingerprint density at radius 3 is 2.13 bits per heavy atom. The van der Waals surface area contributed by atoms with Gasteiger partial charge in [0.15, 0.2) is 5.13 Å². The third kappa shape index (κ3) is 4.02. The van der Waals surface area contributed by atoms with Gasteiger partial charge in [-0.1, -0.05) is 55.8 Å². The van der Waals surface area contributed by atoms with E-state index in [1.807, 2.05) is 50.4 Å². The van der Waals surface area contributed by atoms with Gasteiger partial charge in [-0.3, -0.25) is 19.3 Å². The second-order valence-corrected chi connectivity index (χ2v) is 7.45. The quantitative estimate of drug-likeness (QED) is 0.616. The summed E-state index contributed by atoms with van der Waals surface area (Å²) >= 11 is 1.29. The van der Waals surface area contributed by atoms with Gasteiger partial charge < -0.3 is 5.32 Å². The summed E-state index contributed by atoms with van der Waals surface area (Å²) in [6, 6.07) is 13.6. The maximum absolute atomic E-state index is 12.6. The standard InChI is InChI=1S/C21H17N3O3S.C2H6/c1-12-7-9-14(10-8-12)17-11-28-21(22-17)23-18(25)13(2)24-19(26)15-5-3-4-6-16(15)20(24)27;1-2/h3-11,13H,1-2H3,(H,22,23,25);1-2H3. The van der Waals surface area contributed by atoms with Crippen molar-refractivity contribution in [2.75, 3.05) is 5.32 Å². The van der Waals surface area contributed by atoms with Crippen molar-refractivity contribution in [1.29, 1.82) is 0 Å². The van der Waals surface area contributed by atoms with Gasteiger partial charge in [0.05, 0.1) is 16.8 Å². The number of amides is 3. The number of aromatic nitrogens is 1. The Morgan fingerprint density at radius 1 is 1.00 bits per heavy atom. The molecular weight excluding hydrogens is 398 g/mol. The number of carbonyl (C=O) groups is 3. The number of fused-ring (bicyclic) bond motifs is 1. The average Bonchev–Trinajstić information content (AvgIpc) is 3.33. The first kappa shape index (κ1) is 21.4. The number of rotatable bonds is 4. The van der Waals surface area contributed by atoms with Crippen LogP contribution in [0, 0.1) is 6.92 Å². The molecule has 3 amide bonds. The Morgan fingerprint density at radius 2 is 1.57 bits per heavy atom. The van der Waals surface area contributed by atoms with Crippen LogP contribution in [0.5, 0.6) is 0 Å². The molecule has 0 saturated heterocycles. The van der Waals surface area contributed by atoms with E-state index in [1.165, 1.54) is 18.3 Å². The molecule has 154 valence electrons. The predicted molar refractivity (Wildman–Crippen MR) is 119 cm³/mol. The first-order valence-corrected chi connectivity index (χ1v) is 10.6. The van der Waals surface area contributed by atoms with Gasteiger partial charge in [-0.25, -0.2) is 4.98 Å². The molecule has 0 fully saturated rings. The van der Waals surface area contributed by atoms with Crippen molar-refractivity contribution in [3.05, 3.63) is 70.6 Å². The van der Waals surface area contributed by atoms with E-state index in [0.717, 1.165) is 21.7 Å². The molecule has 1 unspecified atom stereocenters. The fourth-order valence-electron chi connectivity index (χ4n) is 3.07. The highest BCUT2D eigenvalue weighted by Gasteiger charge is 2.40. The highest BCUT2D eigenvalue weighted by Crippen LogP contribution is 2.27. The van der Waals surface area contributed by atoms with Crippen LogP contribution in [0.3, 0.4) is 0 Å². The molecule has 1 aliphatic heterocycles. The number of hydrogen-bond acceptors (Lipinski definition) is 5. The average molecular weight is 422 g/mol. The molecule has 1 aromatic heterocycles. The van der Waals surface area contributed by atoms with Crippen LogP contribution < -0.4 is 5.32 Å². The first-order valence-electron chi connectivity index (χ1n) is 9.76. The van der Waals surface area contributed by atoms with Crippen LogP contribution in [-0.2, 0) is 4.79 Å². The fourth-order valence-corrected chi connectivity index (χ4v) is 3.80. The summed E-state index contributed by atoms with van der Waals surface area (Å²) in [6.07, 6.45) is 0. The Labute approximate surface area is 179 Å². The number of hydrogen-bond donors (Lipinski definition) is 1. The molecule has 2 aromatic carbocycles. The maximum atomic E-state index is 12.6. The van der Waals surface area contributed by atoms with Crippen molar-refractivity contribution in [3.8, 4) is 11.3 Å². The van der Waals surface area contributed by atoms with Gasteiger partial charge in [0, 0.05) is 10.9 Å². The summed E-state index contributed by atoms with van der Waals surface area (Å²) < 4.78 is 0. The number of aryl methyl sites for hydroxylation is 1. The lowest BCUT2D eigenvalue weighted by atomic mass is 10.1. The van der Waals surface area contributed by atoms with Crippen LogP contribution in [0.15, 0.2) is 53.9 Å². The minimum atomic E-state index is -0.945. The topological polar surface area (TPSA) is 79.4 Å². The van der Waals surface area contributed by atoms with E-state index in [4.69, 9.17) is 0 Å². The lowest BCUT2D eigenvalue weighted by molar-refractivity contribution is -0.119.